The monoisotopic (exact) mass is 369 g/mol. The molecular weight excluding hydrogens is 338 g/mol. The number of pyridine rings is 1. The topological polar surface area (TPSA) is 51.6 Å². The zero-order valence-electron chi connectivity index (χ0n) is 16.5. The largest absolute Gasteiger partial charge is 0.508 e. The van der Waals surface area contributed by atoms with Gasteiger partial charge in [-0.15, -0.1) is 0 Å². The number of hydrogen-bond donors (Lipinski definition) is 1. The molecule has 1 fully saturated rings. The Morgan fingerprint density at radius 2 is 1.81 bits per heavy atom. The molecule has 0 bridgehead atoms. The van der Waals surface area contributed by atoms with E-state index in [9.17, 15) is 5.11 Å². The molecule has 1 N–H and O–H groups in total. The van der Waals surface area contributed by atoms with Crippen molar-refractivity contribution < 1.29 is 14.6 Å². The molecule has 0 aliphatic carbocycles. The average molecular weight is 370 g/mol. The van der Waals surface area contributed by atoms with Gasteiger partial charge >= 0.3 is 0 Å². The van der Waals surface area contributed by atoms with Crippen molar-refractivity contribution in [3.05, 3.63) is 53.2 Å². The van der Waals surface area contributed by atoms with E-state index in [2.05, 4.69) is 43.1 Å². The van der Waals surface area contributed by atoms with Crippen LogP contribution < -0.4 is 4.74 Å². The molecule has 0 spiro atoms. The third-order valence-electron chi connectivity index (χ3n) is 5.05. The zero-order valence-corrected chi connectivity index (χ0v) is 16.5. The van der Waals surface area contributed by atoms with Crippen LogP contribution >= 0.6 is 0 Å². The Balaban J connectivity index is 1.54. The molecule has 1 aromatic carbocycles. The predicted molar refractivity (Wildman–Crippen MR) is 107 cm³/mol. The second-order valence-corrected chi connectivity index (χ2v) is 7.53. The molecule has 1 aromatic heterocycles. The number of benzene rings is 1. The molecule has 1 aliphatic heterocycles. The molecule has 2 atom stereocenters. The van der Waals surface area contributed by atoms with Crippen molar-refractivity contribution in [1.82, 2.24) is 4.98 Å². The summed E-state index contributed by atoms with van der Waals surface area (Å²) in [4.78, 5) is 4.56. The third-order valence-corrected chi connectivity index (χ3v) is 5.05. The van der Waals surface area contributed by atoms with Crippen molar-refractivity contribution in [2.24, 2.45) is 0 Å². The molecule has 1 aliphatic rings. The lowest BCUT2D eigenvalue weighted by atomic mass is 10.0. The highest BCUT2D eigenvalue weighted by molar-refractivity contribution is 5.30. The lowest BCUT2D eigenvalue weighted by Gasteiger charge is -2.27. The maximum absolute atomic E-state index is 10.0. The molecule has 0 radical (unpaired) electrons. The van der Waals surface area contributed by atoms with Gasteiger partial charge in [-0.1, -0.05) is 37.6 Å². The number of aromatic nitrogens is 1. The van der Waals surface area contributed by atoms with E-state index in [1.54, 1.807) is 12.1 Å². The van der Waals surface area contributed by atoms with Gasteiger partial charge in [0.2, 0.25) is 5.88 Å². The number of ether oxygens (including phenoxy) is 2. The summed E-state index contributed by atoms with van der Waals surface area (Å²) in [5.41, 5.74) is 3.51. The molecule has 0 saturated carbocycles. The van der Waals surface area contributed by atoms with E-state index in [1.165, 1.54) is 24.0 Å². The first kappa shape index (κ1) is 19.7. The molecule has 0 amide bonds. The molecule has 2 aromatic rings. The molecule has 146 valence electrons. The Labute approximate surface area is 162 Å². The molecule has 2 heterocycles. The normalized spacial score (nSPS) is 19.8. The van der Waals surface area contributed by atoms with Crippen molar-refractivity contribution in [3.8, 4) is 11.6 Å². The van der Waals surface area contributed by atoms with Crippen LogP contribution in [-0.4, -0.2) is 28.9 Å². The molecule has 1 saturated heterocycles. The Kier molecular flexibility index (Phi) is 7.11. The van der Waals surface area contributed by atoms with Crippen molar-refractivity contribution in [3.63, 3.8) is 0 Å². The summed E-state index contributed by atoms with van der Waals surface area (Å²) in [7, 11) is 0. The van der Waals surface area contributed by atoms with Crippen LogP contribution in [0.3, 0.4) is 0 Å². The van der Waals surface area contributed by atoms with Crippen LogP contribution in [0.15, 0.2) is 36.4 Å². The molecule has 4 nitrogen and oxygen atoms in total. The van der Waals surface area contributed by atoms with E-state index in [0.29, 0.717) is 18.6 Å². The fourth-order valence-corrected chi connectivity index (χ4v) is 3.58. The highest BCUT2D eigenvalue weighted by atomic mass is 16.5. The Morgan fingerprint density at radius 1 is 1.07 bits per heavy atom. The standard InChI is InChI=1S/C23H31NO3/c1-3-5-18-8-10-19(11-9-18)12-13-20-14-21(25)15-23(24-20)26-16-22-7-4-6-17(2)27-22/h8-11,14-15,17,22H,3-7,12-13,16H2,1-2H3,(H,24,25). The number of rotatable bonds is 8. The van der Waals surface area contributed by atoms with Crippen molar-refractivity contribution in [2.45, 2.75) is 71.0 Å². The number of aryl methyl sites for hydroxylation is 3. The van der Waals surface area contributed by atoms with E-state index >= 15 is 0 Å². The first-order chi connectivity index (χ1) is 13.1. The van der Waals surface area contributed by atoms with Crippen LogP contribution in [0.5, 0.6) is 11.6 Å². The Hall–Kier alpha value is -2.07. The van der Waals surface area contributed by atoms with Crippen molar-refractivity contribution in [2.75, 3.05) is 6.61 Å². The SMILES string of the molecule is CCCc1ccc(CCc2cc(O)cc(OCC3CCCC(C)O3)n2)cc1. The summed E-state index contributed by atoms with van der Waals surface area (Å²) < 4.78 is 11.7. The summed E-state index contributed by atoms with van der Waals surface area (Å²) in [6, 6.07) is 12.1. The van der Waals surface area contributed by atoms with Gasteiger partial charge in [0.15, 0.2) is 0 Å². The van der Waals surface area contributed by atoms with Gasteiger partial charge in [-0.25, -0.2) is 4.98 Å². The lowest BCUT2D eigenvalue weighted by Crippen LogP contribution is -2.30. The average Bonchev–Trinajstić information content (AvgIpc) is 2.66. The Morgan fingerprint density at radius 3 is 2.52 bits per heavy atom. The minimum atomic E-state index is 0.114. The number of aromatic hydroxyl groups is 1. The highest BCUT2D eigenvalue weighted by Crippen LogP contribution is 2.22. The van der Waals surface area contributed by atoms with E-state index in [4.69, 9.17) is 9.47 Å². The van der Waals surface area contributed by atoms with Crippen molar-refractivity contribution >= 4 is 0 Å². The Bertz CT molecular complexity index is 714. The zero-order chi connectivity index (χ0) is 19.1. The second-order valence-electron chi connectivity index (χ2n) is 7.53. The van der Waals surface area contributed by atoms with Crippen LogP contribution in [-0.2, 0) is 24.0 Å². The van der Waals surface area contributed by atoms with Crippen LogP contribution in [0.25, 0.3) is 0 Å². The number of hydrogen-bond acceptors (Lipinski definition) is 4. The van der Waals surface area contributed by atoms with Gasteiger partial charge in [-0.05, 0) is 56.6 Å². The van der Waals surface area contributed by atoms with Crippen LogP contribution in [0.2, 0.25) is 0 Å². The summed E-state index contributed by atoms with van der Waals surface area (Å²) in [6.07, 6.45) is 7.67. The first-order valence-corrected chi connectivity index (χ1v) is 10.2. The van der Waals surface area contributed by atoms with E-state index in [0.717, 1.165) is 37.8 Å². The minimum Gasteiger partial charge on any atom is -0.508 e. The molecular formula is C23H31NO3. The van der Waals surface area contributed by atoms with Gasteiger partial charge in [0, 0.05) is 17.8 Å². The third kappa shape index (κ3) is 6.24. The van der Waals surface area contributed by atoms with E-state index < -0.39 is 0 Å². The number of nitrogens with zero attached hydrogens (tertiary/aromatic N) is 1. The van der Waals surface area contributed by atoms with Gasteiger partial charge in [-0.3, -0.25) is 0 Å². The van der Waals surface area contributed by atoms with E-state index in [1.807, 2.05) is 0 Å². The molecule has 3 rings (SSSR count). The summed E-state index contributed by atoms with van der Waals surface area (Å²) in [5.74, 6) is 0.677. The predicted octanol–water partition coefficient (Wildman–Crippen LogP) is 4.86. The van der Waals surface area contributed by atoms with Gasteiger partial charge < -0.3 is 14.6 Å². The highest BCUT2D eigenvalue weighted by Gasteiger charge is 2.20. The van der Waals surface area contributed by atoms with Gasteiger partial charge in [0.1, 0.15) is 12.4 Å². The summed E-state index contributed by atoms with van der Waals surface area (Å²) in [6.45, 7) is 4.78. The lowest BCUT2D eigenvalue weighted by molar-refractivity contribution is -0.0592. The van der Waals surface area contributed by atoms with E-state index in [-0.39, 0.29) is 11.9 Å². The maximum atomic E-state index is 10.0. The second kappa shape index (κ2) is 9.75. The molecule has 27 heavy (non-hydrogen) atoms. The van der Waals surface area contributed by atoms with Crippen molar-refractivity contribution in [1.29, 1.82) is 0 Å². The fraction of sp³-hybridized carbons (Fsp3) is 0.522. The smallest absolute Gasteiger partial charge is 0.217 e. The quantitative estimate of drug-likeness (QED) is 0.722. The fourth-order valence-electron chi connectivity index (χ4n) is 3.58. The first-order valence-electron chi connectivity index (χ1n) is 10.2. The van der Waals surface area contributed by atoms with Crippen LogP contribution in [0.1, 0.15) is 56.4 Å². The summed E-state index contributed by atoms with van der Waals surface area (Å²) in [5, 5.41) is 10.0. The minimum absolute atomic E-state index is 0.114. The molecule has 2 unspecified atom stereocenters. The maximum Gasteiger partial charge on any atom is 0.217 e. The summed E-state index contributed by atoms with van der Waals surface area (Å²) >= 11 is 0. The van der Waals surface area contributed by atoms with Gasteiger partial charge in [0.25, 0.3) is 0 Å². The van der Waals surface area contributed by atoms with Crippen LogP contribution in [0.4, 0.5) is 0 Å². The van der Waals surface area contributed by atoms with Crippen LogP contribution in [0, 0.1) is 0 Å². The van der Waals surface area contributed by atoms with Gasteiger partial charge in [-0.2, -0.15) is 0 Å². The molecule has 4 heteroatoms. The van der Waals surface area contributed by atoms with Gasteiger partial charge in [0.05, 0.1) is 12.2 Å².